The Morgan fingerprint density at radius 1 is 1.71 bits per heavy atom. The molecule has 1 nitrogen and oxygen atoms in total. The molecule has 1 saturated heterocycles. The fourth-order valence-electron chi connectivity index (χ4n) is 0.600. The van der Waals surface area contributed by atoms with Gasteiger partial charge in [-0.3, -0.25) is 0 Å². The van der Waals surface area contributed by atoms with Gasteiger partial charge < -0.3 is 5.73 Å². The van der Waals surface area contributed by atoms with Gasteiger partial charge >= 0.3 is 0 Å². The van der Waals surface area contributed by atoms with Crippen molar-refractivity contribution in [2.24, 2.45) is 5.73 Å². The predicted molar refractivity (Wildman–Crippen MR) is 32.9 cm³/mol. The van der Waals surface area contributed by atoms with Crippen molar-refractivity contribution in [3.63, 3.8) is 0 Å². The van der Waals surface area contributed by atoms with E-state index < -0.39 is 0 Å². The molecule has 1 unspecified atom stereocenters. The van der Waals surface area contributed by atoms with Gasteiger partial charge in [0.1, 0.15) is 0 Å². The third-order valence-electron chi connectivity index (χ3n) is 0.996. The molecule has 1 rings (SSSR count). The smallest absolute Gasteiger partial charge is 0.0662 e. The summed E-state index contributed by atoms with van der Waals surface area (Å²) in [6.45, 7) is 0. The third-order valence-corrected chi connectivity index (χ3v) is 1.96. The van der Waals surface area contributed by atoms with E-state index >= 15 is 0 Å². The van der Waals surface area contributed by atoms with Gasteiger partial charge in [-0.05, 0) is 18.6 Å². The first-order chi connectivity index (χ1) is 3.39. The molecule has 1 heterocycles. The Hall–Kier alpha value is 0.310. The normalized spacial score (nSPS) is 33.0. The Morgan fingerprint density at radius 2 is 2.57 bits per heavy atom. The largest absolute Gasteiger partial charge is 0.326 e. The van der Waals surface area contributed by atoms with Gasteiger partial charge in [0.15, 0.2) is 0 Å². The predicted octanol–water partition coefficient (Wildman–Crippen LogP) is 0.879. The number of rotatable bonds is 0. The fourth-order valence-corrected chi connectivity index (χ4v) is 1.36. The second-order valence-corrected chi connectivity index (χ2v) is 2.65. The SMILES string of the molecule is NC1[C]SCCC1. The van der Waals surface area contributed by atoms with Crippen LogP contribution in [0.2, 0.25) is 0 Å². The van der Waals surface area contributed by atoms with Crippen molar-refractivity contribution in [1.82, 2.24) is 0 Å². The Morgan fingerprint density at radius 3 is 2.86 bits per heavy atom. The van der Waals surface area contributed by atoms with Crippen molar-refractivity contribution in [2.75, 3.05) is 5.75 Å². The summed E-state index contributed by atoms with van der Waals surface area (Å²) in [6, 6.07) is 0.249. The zero-order chi connectivity index (χ0) is 5.11. The summed E-state index contributed by atoms with van der Waals surface area (Å²) in [5, 5.41) is 0. The molecule has 1 aliphatic rings. The molecule has 0 saturated carbocycles. The Balaban J connectivity index is 2.12. The molecular weight excluding hydrogens is 106 g/mol. The molecule has 0 aliphatic carbocycles. The monoisotopic (exact) mass is 115 g/mol. The Labute approximate surface area is 48.7 Å². The summed E-state index contributed by atoms with van der Waals surface area (Å²) in [5.41, 5.74) is 5.50. The highest BCUT2D eigenvalue weighted by Crippen LogP contribution is 2.19. The lowest BCUT2D eigenvalue weighted by Gasteiger charge is -2.14. The topological polar surface area (TPSA) is 26.0 Å². The van der Waals surface area contributed by atoms with Gasteiger partial charge in [0.05, 0.1) is 5.75 Å². The molecule has 2 radical (unpaired) electrons. The van der Waals surface area contributed by atoms with Crippen molar-refractivity contribution < 1.29 is 0 Å². The average Bonchev–Trinajstić information content (AvgIpc) is 1.69. The maximum absolute atomic E-state index is 5.50. The summed E-state index contributed by atoms with van der Waals surface area (Å²) >= 11 is 1.73. The van der Waals surface area contributed by atoms with E-state index in [9.17, 15) is 0 Å². The van der Waals surface area contributed by atoms with Crippen molar-refractivity contribution >= 4 is 11.8 Å². The number of hydrogen-bond acceptors (Lipinski definition) is 2. The maximum Gasteiger partial charge on any atom is 0.0662 e. The van der Waals surface area contributed by atoms with E-state index in [1.807, 2.05) is 0 Å². The molecule has 2 heteroatoms. The van der Waals surface area contributed by atoms with Gasteiger partial charge in [-0.15, -0.1) is 0 Å². The van der Waals surface area contributed by atoms with Gasteiger partial charge in [0.2, 0.25) is 0 Å². The standard InChI is InChI=1S/C5H9NS/c6-5-2-1-3-7-4-5/h5H,1-3,6H2. The fraction of sp³-hybridized carbons (Fsp3) is 0.800. The quantitative estimate of drug-likeness (QED) is 0.507. The zero-order valence-corrected chi connectivity index (χ0v) is 5.00. The molecule has 0 aromatic carbocycles. The van der Waals surface area contributed by atoms with E-state index in [2.05, 4.69) is 5.75 Å². The van der Waals surface area contributed by atoms with E-state index in [1.165, 1.54) is 12.2 Å². The second-order valence-electron chi connectivity index (χ2n) is 1.72. The maximum atomic E-state index is 5.50. The van der Waals surface area contributed by atoms with Gasteiger partial charge in [0.25, 0.3) is 0 Å². The molecular formula is C5H9NS. The molecule has 0 aromatic rings. The van der Waals surface area contributed by atoms with Crippen LogP contribution in [0.3, 0.4) is 0 Å². The molecule has 0 bridgehead atoms. The highest BCUT2D eigenvalue weighted by atomic mass is 32.2. The molecule has 1 aliphatic heterocycles. The molecule has 0 spiro atoms. The van der Waals surface area contributed by atoms with Crippen LogP contribution < -0.4 is 5.73 Å². The van der Waals surface area contributed by atoms with Crippen LogP contribution in [0.15, 0.2) is 0 Å². The summed E-state index contributed by atoms with van der Waals surface area (Å²) in [6.07, 6.45) is 2.39. The van der Waals surface area contributed by atoms with E-state index in [0.717, 1.165) is 6.42 Å². The zero-order valence-electron chi connectivity index (χ0n) is 4.18. The minimum atomic E-state index is 0.249. The first-order valence-electron chi connectivity index (χ1n) is 2.52. The van der Waals surface area contributed by atoms with Crippen LogP contribution in [0.5, 0.6) is 0 Å². The highest BCUT2D eigenvalue weighted by Gasteiger charge is 2.07. The van der Waals surface area contributed by atoms with E-state index in [-0.39, 0.29) is 6.04 Å². The first kappa shape index (κ1) is 5.45. The number of nitrogens with two attached hydrogens (primary N) is 1. The van der Waals surface area contributed by atoms with E-state index in [0.29, 0.717) is 0 Å². The van der Waals surface area contributed by atoms with Crippen LogP contribution in [-0.4, -0.2) is 11.8 Å². The molecule has 0 aromatic heterocycles. The molecule has 1 atom stereocenters. The number of hydrogen-bond donors (Lipinski definition) is 1. The summed E-state index contributed by atoms with van der Waals surface area (Å²) < 4.78 is 0. The van der Waals surface area contributed by atoms with E-state index in [4.69, 9.17) is 5.73 Å². The lowest BCUT2D eigenvalue weighted by molar-refractivity contribution is 0.684. The average molecular weight is 115 g/mol. The lowest BCUT2D eigenvalue weighted by Crippen LogP contribution is -2.22. The Bertz CT molecular complexity index is 50.0. The lowest BCUT2D eigenvalue weighted by atomic mass is 10.2. The summed E-state index contributed by atoms with van der Waals surface area (Å²) in [5.74, 6) is 4.29. The van der Waals surface area contributed by atoms with Gasteiger partial charge in [-0.25, -0.2) is 0 Å². The van der Waals surface area contributed by atoms with Gasteiger partial charge in [-0.2, -0.15) is 11.8 Å². The van der Waals surface area contributed by atoms with Crippen molar-refractivity contribution in [3.8, 4) is 0 Å². The summed E-state index contributed by atoms with van der Waals surface area (Å²) in [7, 11) is 0. The van der Waals surface area contributed by atoms with Crippen LogP contribution in [0, 0.1) is 5.75 Å². The third kappa shape index (κ3) is 1.70. The minimum Gasteiger partial charge on any atom is -0.326 e. The summed E-state index contributed by atoms with van der Waals surface area (Å²) in [4.78, 5) is 0. The van der Waals surface area contributed by atoms with Gasteiger partial charge in [0, 0.05) is 6.04 Å². The molecule has 2 N–H and O–H groups in total. The molecule has 7 heavy (non-hydrogen) atoms. The van der Waals surface area contributed by atoms with Crippen molar-refractivity contribution in [1.29, 1.82) is 0 Å². The molecule has 40 valence electrons. The molecule has 1 fully saturated rings. The van der Waals surface area contributed by atoms with Crippen LogP contribution in [0.25, 0.3) is 0 Å². The number of thioether (sulfide) groups is 1. The second kappa shape index (κ2) is 2.58. The minimum absolute atomic E-state index is 0.249. The first-order valence-corrected chi connectivity index (χ1v) is 3.51. The molecule has 0 amide bonds. The highest BCUT2D eigenvalue weighted by molar-refractivity contribution is 8.01. The Kier molecular flexibility index (Phi) is 2.00. The van der Waals surface area contributed by atoms with Crippen molar-refractivity contribution in [3.05, 3.63) is 5.75 Å². The van der Waals surface area contributed by atoms with Crippen LogP contribution >= 0.6 is 11.8 Å². The van der Waals surface area contributed by atoms with Crippen LogP contribution in [-0.2, 0) is 0 Å². The van der Waals surface area contributed by atoms with E-state index in [1.54, 1.807) is 11.8 Å². The van der Waals surface area contributed by atoms with Crippen molar-refractivity contribution in [2.45, 2.75) is 18.9 Å². The van der Waals surface area contributed by atoms with Gasteiger partial charge in [-0.1, -0.05) is 0 Å². The van der Waals surface area contributed by atoms with Crippen LogP contribution in [0.1, 0.15) is 12.8 Å². The van der Waals surface area contributed by atoms with Crippen LogP contribution in [0.4, 0.5) is 0 Å².